The van der Waals surface area contributed by atoms with Gasteiger partial charge in [0.15, 0.2) is 0 Å². The van der Waals surface area contributed by atoms with E-state index in [1.165, 1.54) is 0 Å². The maximum Gasteiger partial charge on any atom is 0.142 e. The maximum atomic E-state index is 9.83. The summed E-state index contributed by atoms with van der Waals surface area (Å²) in [6.45, 7) is 6.16. The first-order valence-corrected chi connectivity index (χ1v) is 5.50. The Bertz CT molecular complexity index is 351. The van der Waals surface area contributed by atoms with Crippen LogP contribution in [0.15, 0.2) is 12.1 Å². The number of hydrogen-bond donors (Lipinski definition) is 2. The van der Waals surface area contributed by atoms with Crippen LogP contribution in [-0.4, -0.2) is 22.3 Å². The molecule has 0 aliphatic carbocycles. The molecule has 0 aliphatic heterocycles. The SMILES string of the molecule is CCC(C)(O)COc1ccc(C)nc1CN. The Labute approximate surface area is 96.5 Å². The number of aliphatic hydroxyl groups is 1. The van der Waals surface area contributed by atoms with Crippen LogP contribution >= 0.6 is 0 Å². The van der Waals surface area contributed by atoms with Gasteiger partial charge in [0.2, 0.25) is 0 Å². The summed E-state index contributed by atoms with van der Waals surface area (Å²) in [7, 11) is 0. The molecule has 0 aromatic carbocycles. The first-order chi connectivity index (χ1) is 7.48. The Kier molecular flexibility index (Phi) is 4.26. The van der Waals surface area contributed by atoms with Crippen LogP contribution in [0.3, 0.4) is 0 Å². The first-order valence-electron chi connectivity index (χ1n) is 5.50. The first kappa shape index (κ1) is 12.9. The van der Waals surface area contributed by atoms with E-state index in [0.717, 1.165) is 11.4 Å². The number of hydrogen-bond acceptors (Lipinski definition) is 4. The van der Waals surface area contributed by atoms with E-state index >= 15 is 0 Å². The molecule has 1 aromatic rings. The molecule has 0 radical (unpaired) electrons. The van der Waals surface area contributed by atoms with Crippen molar-refractivity contribution in [1.29, 1.82) is 0 Å². The third-order valence-corrected chi connectivity index (χ3v) is 2.57. The molecule has 0 fully saturated rings. The Hall–Kier alpha value is -1.13. The normalized spacial score (nSPS) is 14.6. The average Bonchev–Trinajstić information content (AvgIpc) is 2.27. The number of rotatable bonds is 5. The Morgan fingerprint density at radius 1 is 1.50 bits per heavy atom. The highest BCUT2D eigenvalue weighted by Crippen LogP contribution is 2.19. The van der Waals surface area contributed by atoms with E-state index in [9.17, 15) is 5.11 Å². The molecule has 0 amide bonds. The van der Waals surface area contributed by atoms with Crippen molar-refractivity contribution in [2.75, 3.05) is 6.61 Å². The van der Waals surface area contributed by atoms with Gasteiger partial charge in [-0.25, -0.2) is 0 Å². The fraction of sp³-hybridized carbons (Fsp3) is 0.583. The molecule has 1 atom stereocenters. The minimum Gasteiger partial charge on any atom is -0.489 e. The summed E-state index contributed by atoms with van der Waals surface area (Å²) in [4.78, 5) is 4.29. The van der Waals surface area contributed by atoms with Gasteiger partial charge in [0, 0.05) is 12.2 Å². The van der Waals surface area contributed by atoms with Gasteiger partial charge in [0.05, 0.1) is 11.3 Å². The molecule has 1 aromatic heterocycles. The van der Waals surface area contributed by atoms with E-state index in [1.54, 1.807) is 6.92 Å². The van der Waals surface area contributed by atoms with Crippen molar-refractivity contribution in [3.05, 3.63) is 23.5 Å². The zero-order chi connectivity index (χ0) is 12.2. The summed E-state index contributed by atoms with van der Waals surface area (Å²) >= 11 is 0. The molecule has 0 saturated heterocycles. The van der Waals surface area contributed by atoms with E-state index in [4.69, 9.17) is 10.5 Å². The van der Waals surface area contributed by atoms with Crippen molar-refractivity contribution in [1.82, 2.24) is 4.98 Å². The quantitative estimate of drug-likeness (QED) is 0.793. The summed E-state index contributed by atoms with van der Waals surface area (Å²) in [5.74, 6) is 0.654. The molecule has 90 valence electrons. The van der Waals surface area contributed by atoms with Crippen molar-refractivity contribution in [2.24, 2.45) is 5.73 Å². The summed E-state index contributed by atoms with van der Waals surface area (Å²) in [5, 5.41) is 9.83. The van der Waals surface area contributed by atoms with Crippen LogP contribution in [0.4, 0.5) is 0 Å². The summed E-state index contributed by atoms with van der Waals surface area (Å²) < 4.78 is 5.55. The molecule has 1 heterocycles. The number of nitrogens with two attached hydrogens (primary N) is 1. The average molecular weight is 224 g/mol. The van der Waals surface area contributed by atoms with Crippen molar-refractivity contribution in [3.63, 3.8) is 0 Å². The molecule has 1 unspecified atom stereocenters. The molecule has 4 nitrogen and oxygen atoms in total. The molecule has 4 heteroatoms. The van der Waals surface area contributed by atoms with E-state index in [1.807, 2.05) is 26.0 Å². The van der Waals surface area contributed by atoms with Gasteiger partial charge in [-0.3, -0.25) is 4.98 Å². The Morgan fingerprint density at radius 2 is 2.19 bits per heavy atom. The van der Waals surface area contributed by atoms with Gasteiger partial charge in [-0.2, -0.15) is 0 Å². The van der Waals surface area contributed by atoms with Gasteiger partial charge in [-0.1, -0.05) is 6.92 Å². The lowest BCUT2D eigenvalue weighted by Crippen LogP contribution is -2.31. The van der Waals surface area contributed by atoms with Crippen LogP contribution in [0.1, 0.15) is 31.7 Å². The third-order valence-electron chi connectivity index (χ3n) is 2.57. The molecule has 0 saturated carbocycles. The minimum absolute atomic E-state index is 0.251. The number of pyridine rings is 1. The number of nitrogens with zero attached hydrogens (tertiary/aromatic N) is 1. The van der Waals surface area contributed by atoms with Crippen molar-refractivity contribution < 1.29 is 9.84 Å². The highest BCUT2D eigenvalue weighted by atomic mass is 16.5. The van der Waals surface area contributed by atoms with Crippen LogP contribution in [0.5, 0.6) is 5.75 Å². The second-order valence-electron chi connectivity index (χ2n) is 4.24. The van der Waals surface area contributed by atoms with Crippen molar-refractivity contribution in [2.45, 2.75) is 39.3 Å². The van der Waals surface area contributed by atoms with E-state index < -0.39 is 5.60 Å². The molecule has 0 bridgehead atoms. The number of aryl methyl sites for hydroxylation is 1. The van der Waals surface area contributed by atoms with Crippen LogP contribution in [-0.2, 0) is 6.54 Å². The van der Waals surface area contributed by atoms with Gasteiger partial charge in [0.1, 0.15) is 12.4 Å². The highest BCUT2D eigenvalue weighted by Gasteiger charge is 2.19. The van der Waals surface area contributed by atoms with Gasteiger partial charge in [-0.05, 0) is 32.4 Å². The van der Waals surface area contributed by atoms with Gasteiger partial charge in [-0.15, -0.1) is 0 Å². The van der Waals surface area contributed by atoms with Crippen LogP contribution in [0.25, 0.3) is 0 Å². The number of aromatic nitrogens is 1. The Balaban J connectivity index is 2.74. The van der Waals surface area contributed by atoms with Gasteiger partial charge < -0.3 is 15.6 Å². The standard InChI is InChI=1S/C12H20N2O2/c1-4-12(3,15)8-16-11-6-5-9(2)14-10(11)7-13/h5-6,15H,4,7-8,13H2,1-3H3. The summed E-state index contributed by atoms with van der Waals surface area (Å²) in [5.41, 5.74) is 6.42. The maximum absolute atomic E-state index is 9.83. The topological polar surface area (TPSA) is 68.4 Å². The Morgan fingerprint density at radius 3 is 2.75 bits per heavy atom. The molecule has 0 spiro atoms. The minimum atomic E-state index is -0.809. The molecule has 3 N–H and O–H groups in total. The highest BCUT2D eigenvalue weighted by molar-refractivity contribution is 5.29. The monoisotopic (exact) mass is 224 g/mol. The fourth-order valence-corrected chi connectivity index (χ4v) is 1.21. The van der Waals surface area contributed by atoms with E-state index in [2.05, 4.69) is 4.98 Å². The lowest BCUT2D eigenvalue weighted by Gasteiger charge is -2.22. The third kappa shape index (κ3) is 3.47. The summed E-state index contributed by atoms with van der Waals surface area (Å²) in [6, 6.07) is 3.71. The largest absolute Gasteiger partial charge is 0.489 e. The molecular formula is C12H20N2O2. The molecule has 16 heavy (non-hydrogen) atoms. The lowest BCUT2D eigenvalue weighted by molar-refractivity contribution is 0.00805. The second-order valence-corrected chi connectivity index (χ2v) is 4.24. The van der Waals surface area contributed by atoms with E-state index in [0.29, 0.717) is 18.7 Å². The summed E-state index contributed by atoms with van der Waals surface area (Å²) in [6.07, 6.45) is 0.643. The number of ether oxygens (including phenoxy) is 1. The fourth-order valence-electron chi connectivity index (χ4n) is 1.21. The van der Waals surface area contributed by atoms with Crippen molar-refractivity contribution >= 4 is 0 Å². The smallest absolute Gasteiger partial charge is 0.142 e. The van der Waals surface area contributed by atoms with Gasteiger partial charge >= 0.3 is 0 Å². The second kappa shape index (κ2) is 5.27. The van der Waals surface area contributed by atoms with Gasteiger partial charge in [0.25, 0.3) is 0 Å². The predicted molar refractivity (Wildman–Crippen MR) is 63.3 cm³/mol. The van der Waals surface area contributed by atoms with Crippen LogP contribution in [0.2, 0.25) is 0 Å². The zero-order valence-corrected chi connectivity index (χ0v) is 10.2. The van der Waals surface area contributed by atoms with E-state index in [-0.39, 0.29) is 6.61 Å². The predicted octanol–water partition coefficient (Wildman–Crippen LogP) is 1.39. The van der Waals surface area contributed by atoms with Crippen LogP contribution < -0.4 is 10.5 Å². The zero-order valence-electron chi connectivity index (χ0n) is 10.2. The molecule has 1 rings (SSSR count). The molecule has 0 aliphatic rings. The van der Waals surface area contributed by atoms with Crippen molar-refractivity contribution in [3.8, 4) is 5.75 Å². The molecular weight excluding hydrogens is 204 g/mol. The lowest BCUT2D eigenvalue weighted by atomic mass is 10.1. The van der Waals surface area contributed by atoms with Crippen LogP contribution in [0, 0.1) is 6.92 Å².